The zero-order valence-corrected chi connectivity index (χ0v) is 5.97. The van der Waals surface area contributed by atoms with Crippen LogP contribution in [-0.2, 0) is 0 Å². The summed E-state index contributed by atoms with van der Waals surface area (Å²) in [5.41, 5.74) is 7.99. The topological polar surface area (TPSA) is 99.8 Å². The molecule has 0 aromatic carbocycles. The lowest BCUT2D eigenvalue weighted by atomic mass is 10.1. The Kier molecular flexibility index (Phi) is 2.02. The summed E-state index contributed by atoms with van der Waals surface area (Å²) >= 11 is 0. The molecule has 0 amide bonds. The molecule has 0 fully saturated rings. The van der Waals surface area contributed by atoms with Gasteiger partial charge in [0.1, 0.15) is 6.08 Å². The Labute approximate surface area is 67.2 Å². The number of rotatable bonds is 1. The minimum Gasteiger partial charge on any atom is -0.502 e. The van der Waals surface area contributed by atoms with Crippen LogP contribution in [-0.4, -0.2) is 20.5 Å². The number of nitro groups is 1. The summed E-state index contributed by atoms with van der Waals surface area (Å²) in [6.07, 6.45) is 2.43. The minimum absolute atomic E-state index is 0.152. The summed E-state index contributed by atoms with van der Waals surface area (Å²) in [6.45, 7) is 0. The molecule has 0 saturated heterocycles. The summed E-state index contributed by atoms with van der Waals surface area (Å²) < 4.78 is 0. The van der Waals surface area contributed by atoms with Gasteiger partial charge in [0.05, 0.1) is 11.3 Å². The van der Waals surface area contributed by atoms with Gasteiger partial charge in [-0.3, -0.25) is 10.1 Å². The highest BCUT2D eigenvalue weighted by Crippen LogP contribution is 2.13. The fourth-order valence-electron chi connectivity index (χ4n) is 0.812. The first-order valence-corrected chi connectivity index (χ1v) is 3.11. The van der Waals surface area contributed by atoms with Gasteiger partial charge in [0.2, 0.25) is 0 Å². The number of allylic oxidation sites excluding steroid dienone is 2. The van der Waals surface area contributed by atoms with E-state index in [-0.39, 0.29) is 12.1 Å². The van der Waals surface area contributed by atoms with Crippen molar-refractivity contribution in [3.63, 3.8) is 0 Å². The lowest BCUT2D eigenvalue weighted by molar-refractivity contribution is -0.423. The number of aliphatic hydroxyl groups excluding tert-OH is 1. The molecule has 12 heavy (non-hydrogen) atoms. The molecule has 0 heterocycles. The Morgan fingerprint density at radius 3 is 2.92 bits per heavy atom. The van der Waals surface area contributed by atoms with Crippen molar-refractivity contribution in [2.24, 2.45) is 0 Å². The van der Waals surface area contributed by atoms with E-state index in [4.69, 9.17) is 10.6 Å². The van der Waals surface area contributed by atoms with Crippen LogP contribution in [0.4, 0.5) is 0 Å². The van der Waals surface area contributed by atoms with E-state index in [1.54, 1.807) is 0 Å². The van der Waals surface area contributed by atoms with Crippen LogP contribution in [0, 0.1) is 10.1 Å². The van der Waals surface area contributed by atoms with Crippen LogP contribution in [0.3, 0.4) is 0 Å². The predicted molar refractivity (Wildman–Crippen MR) is 39.0 cm³/mol. The molecule has 0 atom stereocenters. The second-order valence-corrected chi connectivity index (χ2v) is 2.17. The number of nitrogens with zero attached hydrogens (tertiary/aromatic N) is 3. The van der Waals surface area contributed by atoms with Gasteiger partial charge in [0, 0.05) is 0 Å². The summed E-state index contributed by atoms with van der Waals surface area (Å²) in [5.74, 6) is -0.396. The first-order valence-electron chi connectivity index (χ1n) is 3.11. The molecule has 0 aromatic heterocycles. The van der Waals surface area contributed by atoms with Gasteiger partial charge in [-0.05, 0) is 6.08 Å². The fraction of sp³-hybridized carbons (Fsp3) is 0.167. The molecule has 0 aliphatic heterocycles. The lowest BCUT2D eigenvalue weighted by Crippen LogP contribution is -2.10. The Bertz CT molecular complexity index is 336. The van der Waals surface area contributed by atoms with Crippen LogP contribution >= 0.6 is 0 Å². The van der Waals surface area contributed by atoms with E-state index in [0.717, 1.165) is 6.08 Å². The largest absolute Gasteiger partial charge is 0.502 e. The Balaban J connectivity index is 3.10. The molecule has 1 aliphatic rings. The molecule has 1 N–H and O–H groups in total. The van der Waals surface area contributed by atoms with E-state index in [2.05, 4.69) is 4.79 Å². The number of aliphatic hydroxyl groups is 1. The summed E-state index contributed by atoms with van der Waals surface area (Å²) in [5, 5.41) is 19.2. The molecule has 0 saturated carbocycles. The third kappa shape index (κ3) is 1.38. The molecule has 1 rings (SSSR count). The highest BCUT2D eigenvalue weighted by molar-refractivity contribution is 5.93. The normalized spacial score (nSPS) is 16.2. The van der Waals surface area contributed by atoms with E-state index >= 15 is 0 Å². The zero-order valence-electron chi connectivity index (χ0n) is 5.97. The van der Waals surface area contributed by atoms with E-state index < -0.39 is 16.4 Å². The van der Waals surface area contributed by atoms with Crippen LogP contribution in [0.2, 0.25) is 0 Å². The van der Waals surface area contributed by atoms with E-state index in [1.165, 1.54) is 6.08 Å². The van der Waals surface area contributed by atoms with Crippen molar-refractivity contribution in [2.45, 2.75) is 6.42 Å². The Morgan fingerprint density at radius 1 is 1.75 bits per heavy atom. The van der Waals surface area contributed by atoms with Gasteiger partial charge in [-0.1, -0.05) is 0 Å². The van der Waals surface area contributed by atoms with E-state index in [1.807, 2.05) is 0 Å². The molecule has 6 heteroatoms. The third-order valence-corrected chi connectivity index (χ3v) is 1.40. The summed E-state index contributed by atoms with van der Waals surface area (Å²) in [6, 6.07) is 0. The smallest absolute Gasteiger partial charge is 0.317 e. The van der Waals surface area contributed by atoms with Crippen molar-refractivity contribution in [1.82, 2.24) is 0 Å². The summed E-state index contributed by atoms with van der Waals surface area (Å²) in [7, 11) is 0. The van der Waals surface area contributed by atoms with Crippen molar-refractivity contribution >= 4 is 5.71 Å². The highest BCUT2D eigenvalue weighted by atomic mass is 16.6. The monoisotopic (exact) mass is 167 g/mol. The number of hydrogen-bond acceptors (Lipinski definition) is 3. The van der Waals surface area contributed by atoms with E-state index in [0.29, 0.717) is 0 Å². The molecule has 1 aliphatic carbocycles. The zero-order chi connectivity index (χ0) is 9.14. The first kappa shape index (κ1) is 8.16. The molecule has 0 unspecified atom stereocenters. The lowest BCUT2D eigenvalue weighted by Gasteiger charge is -1.99. The van der Waals surface area contributed by atoms with Crippen molar-refractivity contribution < 1.29 is 14.8 Å². The van der Waals surface area contributed by atoms with Crippen LogP contribution < -0.4 is 0 Å². The standard InChI is InChI=1S/C6H5N3O3/c7-8-4-1-2-6(10)5(3-4)9(11)12/h2-3,10H,1H2. The fourth-order valence-corrected chi connectivity index (χ4v) is 0.812. The van der Waals surface area contributed by atoms with Crippen LogP contribution in [0.5, 0.6) is 0 Å². The van der Waals surface area contributed by atoms with Crippen LogP contribution in [0.1, 0.15) is 6.42 Å². The highest BCUT2D eigenvalue weighted by Gasteiger charge is 2.24. The van der Waals surface area contributed by atoms with Gasteiger partial charge in [0.15, 0.2) is 5.76 Å². The van der Waals surface area contributed by atoms with Gasteiger partial charge in [-0.15, -0.1) is 0 Å². The average Bonchev–Trinajstić information content (AvgIpc) is 2.05. The van der Waals surface area contributed by atoms with Gasteiger partial charge >= 0.3 is 11.4 Å². The van der Waals surface area contributed by atoms with Gasteiger partial charge in [0.25, 0.3) is 0 Å². The van der Waals surface area contributed by atoms with Crippen LogP contribution in [0.15, 0.2) is 23.6 Å². The van der Waals surface area contributed by atoms with E-state index in [9.17, 15) is 10.1 Å². The SMILES string of the molecule is [N-]=[N+]=C1C=C([N+](=O)[O-])C(O)=CC1. The molecule has 0 bridgehead atoms. The maximum atomic E-state index is 10.2. The quantitative estimate of drug-likeness (QED) is 0.268. The van der Waals surface area contributed by atoms with Crippen molar-refractivity contribution in [3.8, 4) is 0 Å². The van der Waals surface area contributed by atoms with Gasteiger partial charge in [-0.25, -0.2) is 0 Å². The summed E-state index contributed by atoms with van der Waals surface area (Å²) in [4.78, 5) is 12.3. The molecular weight excluding hydrogens is 162 g/mol. The maximum absolute atomic E-state index is 10.2. The van der Waals surface area contributed by atoms with Crippen LogP contribution in [0.25, 0.3) is 5.53 Å². The molecule has 0 aromatic rings. The third-order valence-electron chi connectivity index (χ3n) is 1.40. The number of hydrogen-bond donors (Lipinski definition) is 1. The predicted octanol–water partition coefficient (Wildman–Crippen LogP) is 0.663. The van der Waals surface area contributed by atoms with Crippen molar-refractivity contribution in [1.29, 1.82) is 0 Å². The van der Waals surface area contributed by atoms with Crippen molar-refractivity contribution in [3.05, 3.63) is 39.3 Å². The Morgan fingerprint density at radius 2 is 2.42 bits per heavy atom. The maximum Gasteiger partial charge on any atom is 0.317 e. The second-order valence-electron chi connectivity index (χ2n) is 2.17. The van der Waals surface area contributed by atoms with Crippen molar-refractivity contribution in [2.75, 3.05) is 0 Å². The molecule has 0 spiro atoms. The first-order chi connectivity index (χ1) is 5.65. The average molecular weight is 167 g/mol. The molecule has 0 radical (unpaired) electrons. The molecule has 6 nitrogen and oxygen atoms in total. The molecule has 62 valence electrons. The second kappa shape index (κ2) is 2.98. The van der Waals surface area contributed by atoms with Gasteiger partial charge in [-0.2, -0.15) is 4.79 Å². The Hall–Kier alpha value is -1.94. The molecular formula is C6H5N3O3. The minimum atomic E-state index is -0.740. The van der Waals surface area contributed by atoms with Gasteiger partial charge < -0.3 is 10.6 Å².